The molecule has 0 aliphatic rings. The van der Waals surface area contributed by atoms with Crippen LogP contribution in [0, 0.1) is 0 Å². The minimum atomic E-state index is -0.635. The first-order chi connectivity index (χ1) is 12.0. The zero-order valence-electron chi connectivity index (χ0n) is 13.9. The first kappa shape index (κ1) is 16.8. The van der Waals surface area contributed by atoms with E-state index < -0.39 is 5.97 Å². The number of nitrogens with zero attached hydrogens (tertiary/aromatic N) is 1. The molecule has 3 aromatic carbocycles. The summed E-state index contributed by atoms with van der Waals surface area (Å²) in [6.07, 6.45) is 0. The van der Waals surface area contributed by atoms with Gasteiger partial charge < -0.3 is 14.2 Å². The Morgan fingerprint density at radius 1 is 1.00 bits per heavy atom. The third kappa shape index (κ3) is 2.59. The highest BCUT2D eigenvalue weighted by Crippen LogP contribution is 2.45. The fourth-order valence-corrected chi connectivity index (χ4v) is 3.02. The molecule has 0 amide bonds. The lowest BCUT2D eigenvalue weighted by molar-refractivity contribution is 0.0300. The number of hydrogen-bond donors (Lipinski definition) is 2. The second kappa shape index (κ2) is 6.46. The zero-order chi connectivity index (χ0) is 18.1. The Balaban J connectivity index is 2.65. The maximum atomic E-state index is 12.3. The van der Waals surface area contributed by atoms with E-state index in [9.17, 15) is 15.2 Å². The molecule has 7 heteroatoms. The van der Waals surface area contributed by atoms with E-state index in [0.29, 0.717) is 16.9 Å². The van der Waals surface area contributed by atoms with Crippen LogP contribution in [0.4, 0.5) is 5.69 Å². The van der Waals surface area contributed by atoms with Crippen molar-refractivity contribution in [1.29, 1.82) is 0 Å². The Kier molecular flexibility index (Phi) is 4.35. The quantitative estimate of drug-likeness (QED) is 0.426. The SMILES string of the molecule is COC(=O)c1cc(OC)c(OC)c2c1c(N(O)O)cc1ccccc12. The van der Waals surface area contributed by atoms with Crippen LogP contribution in [-0.2, 0) is 4.74 Å². The molecule has 130 valence electrons. The molecule has 2 N–H and O–H groups in total. The summed E-state index contributed by atoms with van der Waals surface area (Å²) in [5.74, 6) is 0.0783. The number of carbonyl (C=O) groups excluding carboxylic acids is 1. The number of rotatable bonds is 4. The van der Waals surface area contributed by atoms with Crippen molar-refractivity contribution >= 4 is 33.2 Å². The van der Waals surface area contributed by atoms with Crippen LogP contribution in [0.3, 0.4) is 0 Å². The van der Waals surface area contributed by atoms with E-state index in [4.69, 9.17) is 14.2 Å². The van der Waals surface area contributed by atoms with Crippen molar-refractivity contribution < 1.29 is 29.4 Å². The van der Waals surface area contributed by atoms with E-state index in [1.165, 1.54) is 27.4 Å². The fourth-order valence-electron chi connectivity index (χ4n) is 3.02. The van der Waals surface area contributed by atoms with Gasteiger partial charge in [-0.3, -0.25) is 10.4 Å². The Labute approximate surface area is 143 Å². The number of anilines is 1. The van der Waals surface area contributed by atoms with Crippen molar-refractivity contribution in [3.8, 4) is 11.5 Å². The molecule has 0 spiro atoms. The number of ether oxygens (including phenoxy) is 3. The molecule has 0 saturated heterocycles. The van der Waals surface area contributed by atoms with E-state index >= 15 is 0 Å². The number of fused-ring (bicyclic) bond motifs is 3. The van der Waals surface area contributed by atoms with Gasteiger partial charge in [0.1, 0.15) is 5.69 Å². The monoisotopic (exact) mass is 343 g/mol. The molecule has 0 unspecified atom stereocenters. The number of carbonyl (C=O) groups is 1. The van der Waals surface area contributed by atoms with Crippen LogP contribution in [0.25, 0.3) is 21.5 Å². The van der Waals surface area contributed by atoms with Crippen LogP contribution >= 0.6 is 0 Å². The summed E-state index contributed by atoms with van der Waals surface area (Å²) in [5.41, 5.74) is 0.152. The summed E-state index contributed by atoms with van der Waals surface area (Å²) in [4.78, 5) is 12.3. The molecular weight excluding hydrogens is 326 g/mol. The minimum absolute atomic E-state index is 0.0207. The largest absolute Gasteiger partial charge is 0.493 e. The number of hydrogen-bond acceptors (Lipinski definition) is 7. The lowest BCUT2D eigenvalue weighted by Gasteiger charge is -2.20. The van der Waals surface area contributed by atoms with Crippen LogP contribution in [0.2, 0.25) is 0 Å². The van der Waals surface area contributed by atoms with E-state index in [0.717, 1.165) is 10.8 Å². The topological polar surface area (TPSA) is 88.5 Å². The van der Waals surface area contributed by atoms with Gasteiger partial charge in [-0.25, -0.2) is 4.79 Å². The van der Waals surface area contributed by atoms with Gasteiger partial charge in [-0.05, 0) is 22.9 Å². The molecule has 7 nitrogen and oxygen atoms in total. The molecule has 0 fully saturated rings. The zero-order valence-corrected chi connectivity index (χ0v) is 13.9. The molecule has 3 rings (SSSR count). The molecular formula is C18H17NO6. The van der Waals surface area contributed by atoms with Crippen molar-refractivity contribution in [3.05, 3.63) is 42.0 Å². The summed E-state index contributed by atoms with van der Waals surface area (Å²) in [7, 11) is 4.19. The third-order valence-electron chi connectivity index (χ3n) is 4.07. The van der Waals surface area contributed by atoms with Crippen molar-refractivity contribution in [3.63, 3.8) is 0 Å². The maximum absolute atomic E-state index is 12.3. The van der Waals surface area contributed by atoms with Crippen molar-refractivity contribution in [1.82, 2.24) is 0 Å². The second-order valence-corrected chi connectivity index (χ2v) is 5.31. The first-order valence-electron chi connectivity index (χ1n) is 7.40. The predicted molar refractivity (Wildman–Crippen MR) is 91.9 cm³/mol. The van der Waals surface area contributed by atoms with E-state index in [1.807, 2.05) is 24.3 Å². The molecule has 0 aliphatic carbocycles. The smallest absolute Gasteiger partial charge is 0.338 e. The Bertz CT molecular complexity index is 967. The van der Waals surface area contributed by atoms with Gasteiger partial charge in [-0.15, -0.1) is 5.23 Å². The van der Waals surface area contributed by atoms with E-state index in [2.05, 4.69) is 0 Å². The molecule has 0 aliphatic heterocycles. The molecule has 0 bridgehead atoms. The van der Waals surface area contributed by atoms with Gasteiger partial charge in [0.2, 0.25) is 0 Å². The van der Waals surface area contributed by atoms with Gasteiger partial charge in [-0.1, -0.05) is 24.3 Å². The summed E-state index contributed by atoms with van der Waals surface area (Å²) in [6.45, 7) is 0. The Morgan fingerprint density at radius 2 is 1.72 bits per heavy atom. The van der Waals surface area contributed by atoms with Gasteiger partial charge >= 0.3 is 5.97 Å². The van der Waals surface area contributed by atoms with E-state index in [1.54, 1.807) is 6.07 Å². The highest BCUT2D eigenvalue weighted by atomic mass is 16.8. The van der Waals surface area contributed by atoms with Crippen LogP contribution in [0.1, 0.15) is 10.4 Å². The Morgan fingerprint density at radius 3 is 2.32 bits per heavy atom. The van der Waals surface area contributed by atoms with Crippen molar-refractivity contribution in [2.24, 2.45) is 0 Å². The molecule has 3 aromatic rings. The first-order valence-corrected chi connectivity index (χ1v) is 7.40. The molecule has 0 aromatic heterocycles. The highest BCUT2D eigenvalue weighted by molar-refractivity contribution is 6.22. The van der Waals surface area contributed by atoms with Crippen LogP contribution in [-0.4, -0.2) is 37.7 Å². The van der Waals surface area contributed by atoms with Gasteiger partial charge in [0, 0.05) is 10.8 Å². The highest BCUT2D eigenvalue weighted by Gasteiger charge is 2.24. The molecule has 25 heavy (non-hydrogen) atoms. The summed E-state index contributed by atoms with van der Waals surface area (Å²) in [6, 6.07) is 10.4. The molecule has 0 heterocycles. The average molecular weight is 343 g/mol. The van der Waals surface area contributed by atoms with Gasteiger partial charge in [-0.2, -0.15) is 0 Å². The van der Waals surface area contributed by atoms with Crippen LogP contribution < -0.4 is 14.7 Å². The van der Waals surface area contributed by atoms with Crippen molar-refractivity contribution in [2.75, 3.05) is 26.6 Å². The van der Waals surface area contributed by atoms with Crippen LogP contribution in [0.5, 0.6) is 11.5 Å². The van der Waals surface area contributed by atoms with Gasteiger partial charge in [0.15, 0.2) is 11.5 Å². The normalized spacial score (nSPS) is 10.8. The average Bonchev–Trinajstić information content (AvgIpc) is 2.64. The predicted octanol–water partition coefficient (Wildman–Crippen LogP) is 3.38. The lowest BCUT2D eigenvalue weighted by atomic mass is 9.95. The summed E-state index contributed by atoms with van der Waals surface area (Å²) < 4.78 is 15.7. The minimum Gasteiger partial charge on any atom is -0.493 e. The standard InChI is InChI=1S/C18H17NO6/c1-23-14-9-12(18(20)25-3)15-13(19(21)22)8-10-6-4-5-7-11(10)16(15)17(14)24-2/h4-9,21-22H,1-3H3. The molecule has 0 atom stereocenters. The van der Waals surface area contributed by atoms with Crippen LogP contribution in [0.15, 0.2) is 36.4 Å². The second-order valence-electron chi connectivity index (χ2n) is 5.31. The Hall–Kier alpha value is -3.03. The molecule has 0 radical (unpaired) electrons. The lowest BCUT2D eigenvalue weighted by Crippen LogP contribution is -2.14. The van der Waals surface area contributed by atoms with Gasteiger partial charge in [0.05, 0.1) is 26.9 Å². The summed E-state index contributed by atoms with van der Waals surface area (Å²) >= 11 is 0. The fraction of sp³-hybridized carbons (Fsp3) is 0.167. The number of esters is 1. The number of methoxy groups -OCH3 is 3. The summed E-state index contributed by atoms with van der Waals surface area (Å²) in [5, 5.41) is 21.7. The third-order valence-corrected chi connectivity index (χ3v) is 4.07. The number of benzene rings is 3. The van der Waals surface area contributed by atoms with Crippen molar-refractivity contribution in [2.45, 2.75) is 0 Å². The molecule has 0 saturated carbocycles. The van der Waals surface area contributed by atoms with E-state index in [-0.39, 0.29) is 21.9 Å². The maximum Gasteiger partial charge on any atom is 0.338 e. The van der Waals surface area contributed by atoms with Gasteiger partial charge in [0.25, 0.3) is 0 Å².